The molecule has 4 aromatic rings. The highest BCUT2D eigenvalue weighted by Crippen LogP contribution is 2.29. The molecule has 7 heteroatoms. The predicted octanol–water partition coefficient (Wildman–Crippen LogP) is 4.56. The summed E-state index contributed by atoms with van der Waals surface area (Å²) in [6.45, 7) is 5.22. The average Bonchev–Trinajstić information content (AvgIpc) is 2.85. The van der Waals surface area contributed by atoms with Gasteiger partial charge in [-0.05, 0) is 49.7 Å². The van der Waals surface area contributed by atoms with Gasteiger partial charge in [-0.25, -0.2) is 4.98 Å². The second-order valence-corrected chi connectivity index (χ2v) is 7.70. The van der Waals surface area contributed by atoms with Gasteiger partial charge in [-0.1, -0.05) is 42.5 Å². The quantitative estimate of drug-likeness (QED) is 0.398. The Morgan fingerprint density at radius 3 is 2.35 bits per heavy atom. The molecule has 3 aromatic carbocycles. The fraction of sp³-hybridized carbons (Fsp3) is 0.222. The van der Waals surface area contributed by atoms with Crippen molar-refractivity contribution in [2.75, 3.05) is 13.2 Å². The Morgan fingerprint density at radius 1 is 0.882 bits per heavy atom. The number of H-pyrrole nitrogens is 1. The van der Waals surface area contributed by atoms with Gasteiger partial charge in [0, 0.05) is 12.1 Å². The van der Waals surface area contributed by atoms with Crippen LogP contribution in [0.1, 0.15) is 35.6 Å². The first kappa shape index (κ1) is 23.0. The van der Waals surface area contributed by atoms with Crippen LogP contribution in [0.5, 0.6) is 11.5 Å². The predicted molar refractivity (Wildman–Crippen MR) is 131 cm³/mol. The zero-order chi connectivity index (χ0) is 23.9. The summed E-state index contributed by atoms with van der Waals surface area (Å²) in [5.74, 6) is 1.33. The van der Waals surface area contributed by atoms with E-state index < -0.39 is 0 Å². The largest absolute Gasteiger partial charge is 0.490 e. The summed E-state index contributed by atoms with van der Waals surface area (Å²) in [5, 5.41) is 0.514. The summed E-state index contributed by atoms with van der Waals surface area (Å²) in [6, 6.07) is 22.0. The van der Waals surface area contributed by atoms with E-state index in [9.17, 15) is 9.59 Å². The Hall–Kier alpha value is -4.13. The number of hydrogen-bond donors (Lipinski definition) is 1. The molecule has 0 saturated carbocycles. The van der Waals surface area contributed by atoms with Gasteiger partial charge in [-0.15, -0.1) is 0 Å². The third-order valence-electron chi connectivity index (χ3n) is 5.30. The number of nitrogens with zero attached hydrogens (tertiary/aromatic N) is 2. The zero-order valence-electron chi connectivity index (χ0n) is 19.3. The van der Waals surface area contributed by atoms with Crippen LogP contribution >= 0.6 is 0 Å². The van der Waals surface area contributed by atoms with Crippen LogP contribution in [0, 0.1) is 0 Å². The second kappa shape index (κ2) is 10.7. The Morgan fingerprint density at radius 2 is 1.59 bits per heavy atom. The van der Waals surface area contributed by atoms with Crippen LogP contribution in [-0.2, 0) is 13.1 Å². The fourth-order valence-corrected chi connectivity index (χ4v) is 3.76. The summed E-state index contributed by atoms with van der Waals surface area (Å²) in [7, 11) is 0. The first-order chi connectivity index (χ1) is 16.6. The molecule has 0 aliphatic carbocycles. The molecule has 0 saturated heterocycles. The van der Waals surface area contributed by atoms with E-state index in [-0.39, 0.29) is 18.0 Å². The molecule has 34 heavy (non-hydrogen) atoms. The Labute approximate surface area is 198 Å². The minimum Gasteiger partial charge on any atom is -0.490 e. The van der Waals surface area contributed by atoms with E-state index in [0.717, 1.165) is 5.56 Å². The number of carbonyl (C=O) groups excluding carboxylic acids is 1. The van der Waals surface area contributed by atoms with Crippen molar-refractivity contribution >= 4 is 16.8 Å². The number of para-hydroxylation sites is 1. The smallest absolute Gasteiger partial charge is 0.258 e. The third kappa shape index (κ3) is 5.26. The van der Waals surface area contributed by atoms with Crippen molar-refractivity contribution in [3.63, 3.8) is 0 Å². The fourth-order valence-electron chi connectivity index (χ4n) is 3.76. The number of amides is 1. The maximum Gasteiger partial charge on any atom is 0.258 e. The second-order valence-electron chi connectivity index (χ2n) is 7.70. The van der Waals surface area contributed by atoms with Crippen molar-refractivity contribution in [1.82, 2.24) is 14.9 Å². The Bertz CT molecular complexity index is 1330. The minimum atomic E-state index is -0.229. The first-order valence-corrected chi connectivity index (χ1v) is 11.3. The van der Waals surface area contributed by atoms with Crippen molar-refractivity contribution in [1.29, 1.82) is 0 Å². The number of ether oxygens (including phenoxy) is 2. The third-order valence-corrected chi connectivity index (χ3v) is 5.30. The van der Waals surface area contributed by atoms with E-state index in [0.29, 0.717) is 53.5 Å². The molecule has 0 fully saturated rings. The number of benzene rings is 3. The van der Waals surface area contributed by atoms with Crippen LogP contribution < -0.4 is 15.0 Å². The molecule has 0 aliphatic rings. The summed E-state index contributed by atoms with van der Waals surface area (Å²) >= 11 is 0. The molecule has 7 nitrogen and oxygen atoms in total. The van der Waals surface area contributed by atoms with E-state index in [2.05, 4.69) is 9.97 Å². The highest BCUT2D eigenvalue weighted by molar-refractivity contribution is 5.95. The molecule has 0 atom stereocenters. The van der Waals surface area contributed by atoms with E-state index in [1.54, 1.807) is 41.3 Å². The monoisotopic (exact) mass is 457 g/mol. The van der Waals surface area contributed by atoms with Crippen molar-refractivity contribution in [2.45, 2.75) is 26.9 Å². The summed E-state index contributed by atoms with van der Waals surface area (Å²) < 4.78 is 11.3. The minimum absolute atomic E-state index is 0.144. The summed E-state index contributed by atoms with van der Waals surface area (Å²) in [6.07, 6.45) is 0. The number of aromatic amines is 1. The lowest BCUT2D eigenvalue weighted by atomic mass is 10.1. The number of rotatable bonds is 9. The number of aromatic nitrogens is 2. The standard InChI is InChI=1S/C27H27N3O4/c1-3-33-23-15-14-20(16-24(23)34-4-2)27(32)30(17-19-10-6-5-7-11-19)18-25-28-22-13-9-8-12-21(22)26(31)29-25/h5-16H,3-4,17-18H2,1-2H3,(H,28,29,31). The van der Waals surface area contributed by atoms with Crippen LogP contribution in [0.3, 0.4) is 0 Å². The van der Waals surface area contributed by atoms with Crippen molar-refractivity contribution in [3.05, 3.63) is 100 Å². The van der Waals surface area contributed by atoms with Gasteiger partial charge >= 0.3 is 0 Å². The molecule has 0 radical (unpaired) electrons. The lowest BCUT2D eigenvalue weighted by Gasteiger charge is -2.23. The maximum absolute atomic E-state index is 13.6. The van der Waals surface area contributed by atoms with Gasteiger partial charge < -0.3 is 19.4 Å². The molecule has 0 bridgehead atoms. The molecule has 1 amide bonds. The van der Waals surface area contributed by atoms with Crippen LogP contribution in [0.2, 0.25) is 0 Å². The van der Waals surface area contributed by atoms with Crippen molar-refractivity contribution < 1.29 is 14.3 Å². The summed E-state index contributed by atoms with van der Waals surface area (Å²) in [4.78, 5) is 35.3. The normalized spacial score (nSPS) is 10.8. The van der Waals surface area contributed by atoms with Crippen molar-refractivity contribution in [3.8, 4) is 11.5 Å². The number of nitrogens with one attached hydrogen (secondary N) is 1. The van der Waals surface area contributed by atoms with Crippen LogP contribution in [0.25, 0.3) is 10.9 Å². The Kier molecular flexibility index (Phi) is 7.22. The first-order valence-electron chi connectivity index (χ1n) is 11.3. The maximum atomic E-state index is 13.6. The number of fused-ring (bicyclic) bond motifs is 1. The van der Waals surface area contributed by atoms with Gasteiger partial charge in [-0.2, -0.15) is 0 Å². The lowest BCUT2D eigenvalue weighted by Crippen LogP contribution is -2.31. The van der Waals surface area contributed by atoms with Gasteiger partial charge in [0.2, 0.25) is 0 Å². The molecule has 0 unspecified atom stereocenters. The van der Waals surface area contributed by atoms with Gasteiger partial charge in [0.05, 0.1) is 30.7 Å². The molecule has 1 aromatic heterocycles. The molecular weight excluding hydrogens is 430 g/mol. The SMILES string of the molecule is CCOc1ccc(C(=O)N(Cc2ccccc2)Cc2nc3ccccc3c(=O)[nH]2)cc1OCC. The molecule has 1 N–H and O–H groups in total. The van der Waals surface area contributed by atoms with Crippen LogP contribution in [0.15, 0.2) is 77.6 Å². The lowest BCUT2D eigenvalue weighted by molar-refractivity contribution is 0.0725. The molecule has 4 rings (SSSR count). The molecule has 0 aliphatic heterocycles. The van der Waals surface area contributed by atoms with Gasteiger partial charge in [0.1, 0.15) is 5.82 Å². The molecule has 0 spiro atoms. The van der Waals surface area contributed by atoms with Gasteiger partial charge in [0.25, 0.3) is 11.5 Å². The molecule has 1 heterocycles. The van der Waals surface area contributed by atoms with E-state index in [4.69, 9.17) is 9.47 Å². The van der Waals surface area contributed by atoms with Crippen LogP contribution in [0.4, 0.5) is 0 Å². The zero-order valence-corrected chi connectivity index (χ0v) is 19.3. The van der Waals surface area contributed by atoms with E-state index in [1.807, 2.05) is 50.2 Å². The van der Waals surface area contributed by atoms with Crippen molar-refractivity contribution in [2.24, 2.45) is 0 Å². The van der Waals surface area contributed by atoms with E-state index in [1.165, 1.54) is 0 Å². The molecular formula is C27H27N3O4. The van der Waals surface area contributed by atoms with Gasteiger partial charge in [-0.3, -0.25) is 9.59 Å². The Balaban J connectivity index is 1.69. The van der Waals surface area contributed by atoms with Crippen LogP contribution in [-0.4, -0.2) is 34.0 Å². The van der Waals surface area contributed by atoms with E-state index >= 15 is 0 Å². The number of carbonyl (C=O) groups is 1. The highest BCUT2D eigenvalue weighted by Gasteiger charge is 2.20. The summed E-state index contributed by atoms with van der Waals surface area (Å²) in [5.41, 5.74) is 1.79. The molecule has 174 valence electrons. The average molecular weight is 458 g/mol. The highest BCUT2D eigenvalue weighted by atomic mass is 16.5. The van der Waals surface area contributed by atoms with Gasteiger partial charge in [0.15, 0.2) is 11.5 Å². The number of hydrogen-bond acceptors (Lipinski definition) is 5. The topological polar surface area (TPSA) is 84.5 Å².